The molecule has 0 aliphatic heterocycles. The van der Waals surface area contributed by atoms with Gasteiger partial charge < -0.3 is 4.74 Å². The lowest BCUT2D eigenvalue weighted by Gasteiger charge is -2.21. The number of benzene rings is 2. The van der Waals surface area contributed by atoms with E-state index < -0.39 is 27.0 Å². The Labute approximate surface area is 119 Å². The summed E-state index contributed by atoms with van der Waals surface area (Å²) in [6, 6.07) is 8.45. The number of nitrogens with two attached hydrogens (primary N) is 1. The van der Waals surface area contributed by atoms with Crippen LogP contribution in [0.2, 0.25) is 0 Å². The molecular formula is C13H12F3NO3S. The quantitative estimate of drug-likeness (QED) is 0.946. The molecule has 0 aliphatic rings. The van der Waals surface area contributed by atoms with Crippen LogP contribution in [-0.4, -0.2) is 21.7 Å². The maximum atomic E-state index is 13.1. The number of alkyl halides is 3. The van der Waals surface area contributed by atoms with Gasteiger partial charge in [-0.15, -0.1) is 0 Å². The Morgan fingerprint density at radius 2 is 1.67 bits per heavy atom. The molecule has 0 aromatic heterocycles. The van der Waals surface area contributed by atoms with Gasteiger partial charge in [0.05, 0.1) is 7.11 Å². The molecule has 0 fully saturated rings. The highest BCUT2D eigenvalue weighted by atomic mass is 32.2. The summed E-state index contributed by atoms with van der Waals surface area (Å²) in [7, 11) is -3.48. The van der Waals surface area contributed by atoms with Gasteiger partial charge in [-0.25, -0.2) is 13.6 Å². The highest BCUT2D eigenvalue weighted by molar-refractivity contribution is 7.89. The van der Waals surface area contributed by atoms with Gasteiger partial charge >= 0.3 is 6.18 Å². The number of halogens is 3. The Balaban J connectivity index is 2.83. The predicted octanol–water partition coefficient (Wildman–Crippen LogP) is 2.74. The molecule has 8 heteroatoms. The zero-order valence-corrected chi connectivity index (χ0v) is 11.7. The van der Waals surface area contributed by atoms with Crippen LogP contribution < -0.4 is 9.88 Å². The summed E-state index contributed by atoms with van der Waals surface area (Å²) in [6.45, 7) is 0. The van der Waals surface area contributed by atoms with Crippen molar-refractivity contribution < 1.29 is 26.3 Å². The fourth-order valence-corrected chi connectivity index (χ4v) is 3.17. The van der Waals surface area contributed by atoms with Crippen molar-refractivity contribution in [1.82, 2.24) is 0 Å². The van der Waals surface area contributed by atoms with Crippen molar-refractivity contribution in [1.29, 1.82) is 0 Å². The molecule has 21 heavy (non-hydrogen) atoms. The standard InChI is InChI=1S/C13H12F3NO3S/c1-20-11-7-6-10(8-4-2-3-5-9(8)11)12(13(14,15)16)21(17,18)19/h2-7,12H,1H3,(H2,17,18,19). The number of rotatable bonds is 3. The molecule has 0 radical (unpaired) electrons. The molecule has 1 unspecified atom stereocenters. The van der Waals surface area contributed by atoms with Crippen molar-refractivity contribution in [2.75, 3.05) is 7.11 Å². The molecule has 2 aromatic rings. The van der Waals surface area contributed by atoms with Crippen molar-refractivity contribution in [3.8, 4) is 5.75 Å². The molecule has 2 aromatic carbocycles. The number of hydrogen-bond acceptors (Lipinski definition) is 3. The molecule has 0 spiro atoms. The summed E-state index contributed by atoms with van der Waals surface area (Å²) in [4.78, 5) is 0. The molecular weight excluding hydrogens is 307 g/mol. The van der Waals surface area contributed by atoms with Gasteiger partial charge in [-0.3, -0.25) is 0 Å². The number of primary sulfonamides is 1. The molecule has 0 saturated heterocycles. The molecule has 114 valence electrons. The topological polar surface area (TPSA) is 69.4 Å². The molecule has 0 amide bonds. The van der Waals surface area contributed by atoms with E-state index in [1.54, 1.807) is 12.1 Å². The van der Waals surface area contributed by atoms with Gasteiger partial charge in [-0.05, 0) is 17.0 Å². The molecule has 2 rings (SSSR count). The second-order valence-electron chi connectivity index (χ2n) is 4.41. The lowest BCUT2D eigenvalue weighted by atomic mass is 10.0. The zero-order chi connectivity index (χ0) is 15.8. The number of hydrogen-bond donors (Lipinski definition) is 1. The van der Waals surface area contributed by atoms with Crippen molar-refractivity contribution in [2.24, 2.45) is 5.14 Å². The van der Waals surface area contributed by atoms with Crippen LogP contribution in [0.4, 0.5) is 13.2 Å². The van der Waals surface area contributed by atoms with Crippen LogP contribution in [0.5, 0.6) is 5.75 Å². The van der Waals surface area contributed by atoms with E-state index in [0.717, 1.165) is 6.07 Å². The lowest BCUT2D eigenvalue weighted by Crippen LogP contribution is -2.33. The van der Waals surface area contributed by atoms with Gasteiger partial charge in [0.15, 0.2) is 5.25 Å². The van der Waals surface area contributed by atoms with Crippen LogP contribution >= 0.6 is 0 Å². The van der Waals surface area contributed by atoms with Crippen LogP contribution in [0.3, 0.4) is 0 Å². The zero-order valence-electron chi connectivity index (χ0n) is 10.9. The van der Waals surface area contributed by atoms with Gasteiger partial charge in [-0.2, -0.15) is 13.2 Å². The first-order chi connectivity index (χ1) is 9.66. The third-order valence-corrected chi connectivity index (χ3v) is 4.22. The average Bonchev–Trinajstić information content (AvgIpc) is 2.36. The fraction of sp³-hybridized carbons (Fsp3) is 0.231. The van der Waals surface area contributed by atoms with Gasteiger partial charge in [0.1, 0.15) is 5.75 Å². The minimum Gasteiger partial charge on any atom is -0.496 e. The molecule has 1 atom stereocenters. The normalized spacial score (nSPS) is 14.1. The van der Waals surface area contributed by atoms with Gasteiger partial charge in [0.25, 0.3) is 0 Å². The van der Waals surface area contributed by atoms with E-state index in [0.29, 0.717) is 11.1 Å². The van der Waals surface area contributed by atoms with Gasteiger partial charge in [-0.1, -0.05) is 30.3 Å². The summed E-state index contributed by atoms with van der Waals surface area (Å²) >= 11 is 0. The maximum absolute atomic E-state index is 13.1. The summed E-state index contributed by atoms with van der Waals surface area (Å²) in [5, 5.41) is 2.52. The van der Waals surface area contributed by atoms with Crippen molar-refractivity contribution in [3.63, 3.8) is 0 Å². The summed E-state index contributed by atoms with van der Waals surface area (Å²) in [6.07, 6.45) is -5.01. The largest absolute Gasteiger partial charge is 0.496 e. The number of sulfonamides is 1. The summed E-state index contributed by atoms with van der Waals surface area (Å²) < 4.78 is 67.2. The van der Waals surface area contributed by atoms with Crippen molar-refractivity contribution >= 4 is 20.8 Å². The van der Waals surface area contributed by atoms with E-state index in [-0.39, 0.29) is 5.39 Å². The predicted molar refractivity (Wildman–Crippen MR) is 72.4 cm³/mol. The second-order valence-corrected chi connectivity index (χ2v) is 6.06. The van der Waals surface area contributed by atoms with E-state index in [2.05, 4.69) is 0 Å². The highest BCUT2D eigenvalue weighted by Gasteiger charge is 2.49. The summed E-state index contributed by atoms with van der Waals surface area (Å²) in [5.41, 5.74) is -0.415. The first-order valence-electron chi connectivity index (χ1n) is 5.80. The SMILES string of the molecule is COc1ccc(C(C(F)(F)F)S(N)(=O)=O)c2ccccc12. The van der Waals surface area contributed by atoms with Gasteiger partial charge in [0, 0.05) is 5.39 Å². The van der Waals surface area contributed by atoms with Crippen LogP contribution in [0.1, 0.15) is 10.8 Å². The molecule has 0 bridgehead atoms. The average molecular weight is 319 g/mol. The highest BCUT2D eigenvalue weighted by Crippen LogP contribution is 2.42. The molecule has 0 saturated carbocycles. The van der Waals surface area contributed by atoms with Crippen LogP contribution in [0, 0.1) is 0 Å². The van der Waals surface area contributed by atoms with E-state index in [1.165, 1.54) is 25.3 Å². The third kappa shape index (κ3) is 2.96. The third-order valence-electron chi connectivity index (χ3n) is 3.05. The molecule has 2 N–H and O–H groups in total. The lowest BCUT2D eigenvalue weighted by molar-refractivity contribution is -0.131. The van der Waals surface area contributed by atoms with Crippen LogP contribution in [-0.2, 0) is 10.0 Å². The number of fused-ring (bicyclic) bond motifs is 1. The monoisotopic (exact) mass is 319 g/mol. The first-order valence-corrected chi connectivity index (χ1v) is 7.41. The Morgan fingerprint density at radius 3 is 2.14 bits per heavy atom. The minimum absolute atomic E-state index is 0.133. The van der Waals surface area contributed by atoms with Crippen LogP contribution in [0.25, 0.3) is 10.8 Å². The Hall–Kier alpha value is -1.80. The molecule has 4 nitrogen and oxygen atoms in total. The summed E-state index contributed by atoms with van der Waals surface area (Å²) in [5.74, 6) is 0.352. The van der Waals surface area contributed by atoms with E-state index >= 15 is 0 Å². The Kier molecular flexibility index (Phi) is 3.85. The van der Waals surface area contributed by atoms with E-state index in [1.807, 2.05) is 0 Å². The van der Waals surface area contributed by atoms with Crippen molar-refractivity contribution in [2.45, 2.75) is 11.4 Å². The Morgan fingerprint density at radius 1 is 1.10 bits per heavy atom. The van der Waals surface area contributed by atoms with Crippen LogP contribution in [0.15, 0.2) is 36.4 Å². The van der Waals surface area contributed by atoms with E-state index in [9.17, 15) is 21.6 Å². The second kappa shape index (κ2) is 5.19. The Bertz CT molecular complexity index is 772. The van der Waals surface area contributed by atoms with E-state index in [4.69, 9.17) is 9.88 Å². The van der Waals surface area contributed by atoms with Gasteiger partial charge in [0.2, 0.25) is 10.0 Å². The fourth-order valence-electron chi connectivity index (χ4n) is 2.24. The number of ether oxygens (including phenoxy) is 1. The smallest absolute Gasteiger partial charge is 0.410 e. The first kappa shape index (κ1) is 15.6. The molecule has 0 heterocycles. The minimum atomic E-state index is -5.01. The van der Waals surface area contributed by atoms with Crippen molar-refractivity contribution in [3.05, 3.63) is 42.0 Å². The number of methoxy groups -OCH3 is 1. The maximum Gasteiger partial charge on any atom is 0.410 e. The molecule has 0 aliphatic carbocycles.